The molecule has 0 aliphatic heterocycles. The van der Waals surface area contributed by atoms with Gasteiger partial charge in [0.05, 0.1) is 12.6 Å². The molecule has 0 spiro atoms. The minimum atomic E-state index is -2.87. The lowest BCUT2D eigenvalue weighted by molar-refractivity contribution is -0.0498. The Kier molecular flexibility index (Phi) is 7.28. The maximum absolute atomic E-state index is 12.5. The van der Waals surface area contributed by atoms with Crippen molar-refractivity contribution in [2.24, 2.45) is 0 Å². The number of nitrogens with zero attached hydrogens (tertiary/aromatic N) is 1. The minimum Gasteiger partial charge on any atom is -0.475 e. The van der Waals surface area contributed by atoms with Crippen LogP contribution < -0.4 is 14.8 Å². The number of hydrogen-bond acceptors (Lipinski definition) is 5. The Morgan fingerprint density at radius 3 is 2.58 bits per heavy atom. The highest BCUT2D eigenvalue weighted by molar-refractivity contribution is 5.96. The number of carbonyl (C=O) groups is 1. The third-order valence-electron chi connectivity index (χ3n) is 3.49. The summed E-state index contributed by atoms with van der Waals surface area (Å²) in [6, 6.07) is 8.97. The molecule has 1 heterocycles. The molecule has 0 bridgehead atoms. The van der Waals surface area contributed by atoms with Crippen molar-refractivity contribution in [2.75, 3.05) is 20.3 Å². The van der Waals surface area contributed by atoms with E-state index in [1.165, 1.54) is 18.3 Å². The zero-order valence-corrected chi connectivity index (χ0v) is 14.4. The van der Waals surface area contributed by atoms with Crippen molar-refractivity contribution in [1.29, 1.82) is 0 Å². The molecule has 0 saturated carbocycles. The maximum atomic E-state index is 12.5. The van der Waals surface area contributed by atoms with Crippen LogP contribution in [0.5, 0.6) is 11.6 Å². The fourth-order valence-corrected chi connectivity index (χ4v) is 2.20. The number of ether oxygens (including phenoxy) is 3. The van der Waals surface area contributed by atoms with E-state index in [0.717, 1.165) is 5.56 Å². The molecule has 0 saturated heterocycles. The van der Waals surface area contributed by atoms with Crippen LogP contribution in [0.15, 0.2) is 42.6 Å². The van der Waals surface area contributed by atoms with Gasteiger partial charge in [-0.05, 0) is 36.8 Å². The largest absolute Gasteiger partial charge is 0.475 e. The smallest absolute Gasteiger partial charge is 0.387 e. The third kappa shape index (κ3) is 5.66. The van der Waals surface area contributed by atoms with Crippen molar-refractivity contribution in [3.05, 3.63) is 53.7 Å². The molecule has 1 unspecified atom stereocenters. The summed E-state index contributed by atoms with van der Waals surface area (Å²) in [6.07, 6.45) is 1.53. The number of alkyl halides is 2. The van der Waals surface area contributed by atoms with E-state index >= 15 is 0 Å². The van der Waals surface area contributed by atoms with Gasteiger partial charge in [0.25, 0.3) is 5.91 Å². The zero-order valence-electron chi connectivity index (χ0n) is 14.4. The molecule has 1 N–H and O–H groups in total. The quantitative estimate of drug-likeness (QED) is 0.690. The number of aromatic nitrogens is 1. The van der Waals surface area contributed by atoms with Gasteiger partial charge in [0, 0.05) is 13.3 Å². The van der Waals surface area contributed by atoms with Crippen LogP contribution in [0.2, 0.25) is 0 Å². The number of nitrogens with one attached hydrogen (secondary N) is 1. The van der Waals surface area contributed by atoms with Crippen LogP contribution >= 0.6 is 0 Å². The van der Waals surface area contributed by atoms with Gasteiger partial charge in [-0.2, -0.15) is 8.78 Å². The van der Waals surface area contributed by atoms with Crippen LogP contribution in [0.1, 0.15) is 28.9 Å². The van der Waals surface area contributed by atoms with E-state index in [1.54, 1.807) is 38.3 Å². The first-order chi connectivity index (χ1) is 12.5. The third-order valence-corrected chi connectivity index (χ3v) is 3.49. The van der Waals surface area contributed by atoms with Crippen molar-refractivity contribution in [3.63, 3.8) is 0 Å². The minimum absolute atomic E-state index is 0.0587. The number of pyridine rings is 1. The first-order valence-electron chi connectivity index (χ1n) is 7.93. The van der Waals surface area contributed by atoms with Crippen molar-refractivity contribution in [2.45, 2.75) is 19.6 Å². The second-order valence-corrected chi connectivity index (χ2v) is 5.34. The second-order valence-electron chi connectivity index (χ2n) is 5.34. The molecule has 140 valence electrons. The first-order valence-corrected chi connectivity index (χ1v) is 7.93. The molecule has 1 atom stereocenters. The lowest BCUT2D eigenvalue weighted by atomic mass is 10.1. The van der Waals surface area contributed by atoms with Crippen molar-refractivity contribution >= 4 is 5.91 Å². The lowest BCUT2D eigenvalue weighted by Crippen LogP contribution is -2.27. The normalized spacial score (nSPS) is 11.9. The highest BCUT2D eigenvalue weighted by atomic mass is 19.3. The zero-order chi connectivity index (χ0) is 18.9. The van der Waals surface area contributed by atoms with E-state index in [2.05, 4.69) is 15.0 Å². The highest BCUT2D eigenvalue weighted by Crippen LogP contribution is 2.21. The molecule has 1 aromatic heterocycles. The molecule has 26 heavy (non-hydrogen) atoms. The second kappa shape index (κ2) is 9.67. The Bertz CT molecular complexity index is 711. The standard InChI is InChI=1S/C18H20F2N2O4/c1-12(13-5-7-14(8-6-13)26-18(19)20)22-16(23)15-4-3-9-21-17(15)25-11-10-24-2/h3-9,12,18H,10-11H2,1-2H3,(H,22,23). The number of rotatable bonds is 9. The summed E-state index contributed by atoms with van der Waals surface area (Å²) in [7, 11) is 1.55. The predicted molar refractivity (Wildman–Crippen MR) is 90.6 cm³/mol. The SMILES string of the molecule is COCCOc1ncccc1C(=O)NC(C)c1ccc(OC(F)F)cc1. The molecule has 8 heteroatoms. The number of benzene rings is 1. The molecular weight excluding hydrogens is 346 g/mol. The molecule has 0 aliphatic rings. The molecule has 1 amide bonds. The number of methoxy groups -OCH3 is 1. The predicted octanol–water partition coefficient (Wildman–Crippen LogP) is 3.20. The topological polar surface area (TPSA) is 69.7 Å². The first kappa shape index (κ1) is 19.6. The fraction of sp³-hybridized carbons (Fsp3) is 0.333. The van der Waals surface area contributed by atoms with Crippen molar-refractivity contribution < 1.29 is 27.8 Å². The summed E-state index contributed by atoms with van der Waals surface area (Å²) in [5.74, 6) is -0.0794. The van der Waals surface area contributed by atoms with E-state index in [0.29, 0.717) is 12.2 Å². The maximum Gasteiger partial charge on any atom is 0.387 e. The van der Waals surface area contributed by atoms with Gasteiger partial charge in [-0.3, -0.25) is 4.79 Å². The van der Waals surface area contributed by atoms with Gasteiger partial charge in [-0.25, -0.2) is 4.98 Å². The molecule has 2 rings (SSSR count). The summed E-state index contributed by atoms with van der Waals surface area (Å²) in [5.41, 5.74) is 1.04. The Labute approximate surface area is 150 Å². The fourth-order valence-electron chi connectivity index (χ4n) is 2.20. The van der Waals surface area contributed by atoms with Gasteiger partial charge in [-0.1, -0.05) is 12.1 Å². The van der Waals surface area contributed by atoms with Gasteiger partial charge < -0.3 is 19.5 Å². The van der Waals surface area contributed by atoms with Gasteiger partial charge >= 0.3 is 6.61 Å². The number of halogens is 2. The van der Waals surface area contributed by atoms with Gasteiger partial charge in [-0.15, -0.1) is 0 Å². The monoisotopic (exact) mass is 366 g/mol. The highest BCUT2D eigenvalue weighted by Gasteiger charge is 2.17. The van der Waals surface area contributed by atoms with E-state index < -0.39 is 6.61 Å². The summed E-state index contributed by atoms with van der Waals surface area (Å²) in [5, 5.41) is 2.82. The molecule has 6 nitrogen and oxygen atoms in total. The molecular formula is C18H20F2N2O4. The van der Waals surface area contributed by atoms with Crippen LogP contribution in [0.3, 0.4) is 0 Å². The van der Waals surface area contributed by atoms with E-state index in [9.17, 15) is 13.6 Å². The van der Waals surface area contributed by atoms with Crippen molar-refractivity contribution in [3.8, 4) is 11.6 Å². The van der Waals surface area contributed by atoms with Gasteiger partial charge in [0.15, 0.2) is 0 Å². The molecule has 0 radical (unpaired) electrons. The Morgan fingerprint density at radius 1 is 1.19 bits per heavy atom. The Balaban J connectivity index is 2.02. The summed E-state index contributed by atoms with van der Waals surface area (Å²) in [4.78, 5) is 16.6. The van der Waals surface area contributed by atoms with Crippen LogP contribution in [0.25, 0.3) is 0 Å². The number of carbonyl (C=O) groups excluding carboxylic acids is 1. The molecule has 2 aromatic rings. The average molecular weight is 366 g/mol. The molecule has 1 aromatic carbocycles. The Morgan fingerprint density at radius 2 is 1.92 bits per heavy atom. The Hall–Kier alpha value is -2.74. The van der Waals surface area contributed by atoms with Crippen LogP contribution in [0, 0.1) is 0 Å². The molecule has 0 aliphatic carbocycles. The summed E-state index contributed by atoms with van der Waals surface area (Å²) >= 11 is 0. The van der Waals surface area contributed by atoms with Crippen LogP contribution in [-0.2, 0) is 4.74 Å². The average Bonchev–Trinajstić information content (AvgIpc) is 2.62. The number of hydrogen-bond donors (Lipinski definition) is 1. The van der Waals surface area contributed by atoms with Crippen molar-refractivity contribution in [1.82, 2.24) is 10.3 Å². The van der Waals surface area contributed by atoms with E-state index in [1.807, 2.05) is 0 Å². The summed E-state index contributed by atoms with van der Waals surface area (Å²) < 4.78 is 39.0. The summed E-state index contributed by atoms with van der Waals surface area (Å²) in [6.45, 7) is -0.446. The van der Waals surface area contributed by atoms with E-state index in [4.69, 9.17) is 9.47 Å². The molecule has 0 fully saturated rings. The number of amides is 1. The van der Waals surface area contributed by atoms with E-state index in [-0.39, 0.29) is 30.2 Å². The lowest BCUT2D eigenvalue weighted by Gasteiger charge is -2.16. The van der Waals surface area contributed by atoms with Gasteiger partial charge in [0.2, 0.25) is 5.88 Å². The van der Waals surface area contributed by atoms with Crippen LogP contribution in [0.4, 0.5) is 8.78 Å². The van der Waals surface area contributed by atoms with Crippen LogP contribution in [-0.4, -0.2) is 37.8 Å². The van der Waals surface area contributed by atoms with Gasteiger partial charge in [0.1, 0.15) is 17.9 Å².